The van der Waals surface area contributed by atoms with E-state index in [9.17, 15) is 4.79 Å². The molecule has 2 fully saturated rings. The SMILES string of the molecule is CNC(=O)ON=C(CC(C)(SCc1ccccc1)C1CC1)C1CC1. The average molecular weight is 346 g/mol. The minimum absolute atomic E-state index is 0.170. The van der Waals surface area contributed by atoms with Crippen molar-refractivity contribution in [2.24, 2.45) is 17.0 Å². The summed E-state index contributed by atoms with van der Waals surface area (Å²) in [5.41, 5.74) is 2.43. The van der Waals surface area contributed by atoms with Crippen LogP contribution < -0.4 is 5.32 Å². The molecular formula is C19H26N2O2S. The van der Waals surface area contributed by atoms with Crippen molar-refractivity contribution in [1.29, 1.82) is 0 Å². The van der Waals surface area contributed by atoms with Crippen LogP contribution in [-0.4, -0.2) is 23.6 Å². The van der Waals surface area contributed by atoms with E-state index in [2.05, 4.69) is 47.7 Å². The van der Waals surface area contributed by atoms with Crippen molar-refractivity contribution in [1.82, 2.24) is 5.32 Å². The van der Waals surface area contributed by atoms with Crippen LogP contribution in [0.5, 0.6) is 0 Å². The van der Waals surface area contributed by atoms with Gasteiger partial charge >= 0.3 is 6.09 Å². The Bertz CT molecular complexity index is 597. The van der Waals surface area contributed by atoms with Crippen LogP contribution in [0.25, 0.3) is 0 Å². The van der Waals surface area contributed by atoms with Gasteiger partial charge in [-0.1, -0.05) is 35.5 Å². The maximum atomic E-state index is 11.3. The monoisotopic (exact) mass is 346 g/mol. The quantitative estimate of drug-likeness (QED) is 0.425. The minimum Gasteiger partial charge on any atom is -0.323 e. The molecule has 3 rings (SSSR count). The zero-order chi connectivity index (χ0) is 17.0. The summed E-state index contributed by atoms with van der Waals surface area (Å²) in [7, 11) is 1.55. The first-order valence-electron chi connectivity index (χ1n) is 8.74. The van der Waals surface area contributed by atoms with Gasteiger partial charge in [0, 0.05) is 29.9 Å². The Hall–Kier alpha value is -1.49. The summed E-state index contributed by atoms with van der Waals surface area (Å²) in [6.45, 7) is 2.36. The second-order valence-electron chi connectivity index (χ2n) is 7.02. The van der Waals surface area contributed by atoms with Gasteiger partial charge in [-0.25, -0.2) is 4.79 Å². The highest BCUT2D eigenvalue weighted by Crippen LogP contribution is 2.52. The number of oxime groups is 1. The van der Waals surface area contributed by atoms with Crippen molar-refractivity contribution in [3.05, 3.63) is 35.9 Å². The normalized spacial score (nSPS) is 20.3. The second-order valence-corrected chi connectivity index (χ2v) is 8.53. The van der Waals surface area contributed by atoms with Crippen LogP contribution in [0.4, 0.5) is 4.79 Å². The predicted octanol–water partition coefficient (Wildman–Crippen LogP) is 4.60. The molecule has 2 aliphatic rings. The Kier molecular flexibility index (Phi) is 5.49. The maximum absolute atomic E-state index is 11.3. The predicted molar refractivity (Wildman–Crippen MR) is 99.2 cm³/mol. The van der Waals surface area contributed by atoms with Crippen LogP contribution in [0.2, 0.25) is 0 Å². The number of nitrogens with zero attached hydrogens (tertiary/aromatic N) is 1. The highest BCUT2D eigenvalue weighted by molar-refractivity contribution is 7.99. The highest BCUT2D eigenvalue weighted by Gasteiger charge is 2.44. The van der Waals surface area contributed by atoms with E-state index in [4.69, 9.17) is 4.84 Å². The van der Waals surface area contributed by atoms with Gasteiger partial charge in [0.2, 0.25) is 0 Å². The summed E-state index contributed by atoms with van der Waals surface area (Å²) in [5.74, 6) is 2.27. The molecule has 0 aliphatic heterocycles. The van der Waals surface area contributed by atoms with E-state index >= 15 is 0 Å². The van der Waals surface area contributed by atoms with Crippen LogP contribution in [0.15, 0.2) is 35.5 Å². The van der Waals surface area contributed by atoms with Crippen molar-refractivity contribution >= 4 is 23.6 Å². The summed E-state index contributed by atoms with van der Waals surface area (Å²) in [4.78, 5) is 16.3. The Morgan fingerprint density at radius 1 is 1.29 bits per heavy atom. The summed E-state index contributed by atoms with van der Waals surface area (Å²) >= 11 is 2.02. The van der Waals surface area contributed by atoms with E-state index in [-0.39, 0.29) is 4.75 Å². The first-order chi connectivity index (χ1) is 11.6. The van der Waals surface area contributed by atoms with E-state index in [1.165, 1.54) is 31.2 Å². The van der Waals surface area contributed by atoms with Gasteiger partial charge in [0.15, 0.2) is 0 Å². The standard InChI is InChI=1S/C19H26N2O2S/c1-19(16-10-11-16,24-13-14-6-4-3-5-7-14)12-17(15-8-9-15)21-23-18(22)20-2/h3-7,15-16H,8-13H2,1-2H3,(H,20,22). The van der Waals surface area contributed by atoms with Crippen molar-refractivity contribution in [2.45, 2.75) is 49.5 Å². The third-order valence-electron chi connectivity index (χ3n) is 4.88. The molecule has 0 spiro atoms. The zero-order valence-corrected chi connectivity index (χ0v) is 15.3. The lowest BCUT2D eigenvalue weighted by Crippen LogP contribution is -2.29. The van der Waals surface area contributed by atoms with Crippen molar-refractivity contribution in [2.75, 3.05) is 7.05 Å². The number of nitrogens with one attached hydrogen (secondary N) is 1. The van der Waals surface area contributed by atoms with E-state index in [1.54, 1.807) is 7.05 Å². The number of rotatable bonds is 8. The number of amides is 1. The van der Waals surface area contributed by atoms with Crippen LogP contribution in [-0.2, 0) is 10.6 Å². The molecule has 0 heterocycles. The molecule has 5 heteroatoms. The van der Waals surface area contributed by atoms with Crippen molar-refractivity contribution in [3.8, 4) is 0 Å². The minimum atomic E-state index is -0.488. The largest absolute Gasteiger partial charge is 0.433 e. The highest BCUT2D eigenvalue weighted by atomic mass is 32.2. The number of carbonyl (C=O) groups is 1. The van der Waals surface area contributed by atoms with Gasteiger partial charge in [-0.15, -0.1) is 11.8 Å². The van der Waals surface area contributed by atoms with Gasteiger partial charge in [-0.3, -0.25) is 4.84 Å². The van der Waals surface area contributed by atoms with Crippen molar-refractivity contribution in [3.63, 3.8) is 0 Å². The average Bonchev–Trinajstić information content (AvgIpc) is 3.49. The van der Waals surface area contributed by atoms with Gasteiger partial charge in [-0.05, 0) is 44.1 Å². The van der Waals surface area contributed by atoms with Crippen LogP contribution in [0.3, 0.4) is 0 Å². The van der Waals surface area contributed by atoms with Crippen molar-refractivity contribution < 1.29 is 9.63 Å². The summed E-state index contributed by atoms with van der Waals surface area (Å²) in [6.07, 6.45) is 5.36. The van der Waals surface area contributed by atoms with E-state index < -0.39 is 6.09 Å². The molecule has 4 nitrogen and oxygen atoms in total. The number of benzene rings is 1. The molecule has 1 N–H and O–H groups in total. The second kappa shape index (κ2) is 7.60. The third-order valence-corrected chi connectivity index (χ3v) is 6.50. The maximum Gasteiger partial charge on any atom is 0.433 e. The van der Waals surface area contributed by atoms with Gasteiger partial charge in [-0.2, -0.15) is 0 Å². The fourth-order valence-electron chi connectivity index (χ4n) is 3.00. The Morgan fingerprint density at radius 3 is 2.58 bits per heavy atom. The van der Waals surface area contributed by atoms with E-state index in [1.807, 2.05) is 11.8 Å². The molecule has 1 atom stereocenters. The lowest BCUT2D eigenvalue weighted by molar-refractivity contribution is 0.152. The fourth-order valence-corrected chi connectivity index (χ4v) is 4.41. The van der Waals surface area contributed by atoms with Gasteiger partial charge in [0.05, 0.1) is 5.71 Å². The summed E-state index contributed by atoms with van der Waals surface area (Å²) < 4.78 is 0.170. The number of hydrogen-bond acceptors (Lipinski definition) is 4. The smallest absolute Gasteiger partial charge is 0.323 e. The van der Waals surface area contributed by atoms with Crippen LogP contribution >= 0.6 is 11.8 Å². The van der Waals surface area contributed by atoms with Gasteiger partial charge in [0.1, 0.15) is 0 Å². The Labute approximate surface area is 148 Å². The Balaban J connectivity index is 1.66. The molecule has 24 heavy (non-hydrogen) atoms. The summed E-state index contributed by atoms with van der Waals surface area (Å²) in [5, 5.41) is 6.65. The fraction of sp³-hybridized carbons (Fsp3) is 0.579. The van der Waals surface area contributed by atoms with E-state index in [0.717, 1.165) is 23.8 Å². The molecule has 1 unspecified atom stereocenters. The Morgan fingerprint density at radius 2 is 2.00 bits per heavy atom. The molecule has 1 amide bonds. The van der Waals surface area contributed by atoms with Gasteiger partial charge in [0.25, 0.3) is 0 Å². The molecule has 2 aliphatic carbocycles. The first-order valence-corrected chi connectivity index (χ1v) is 9.72. The molecule has 0 bridgehead atoms. The molecule has 0 radical (unpaired) electrons. The molecular weight excluding hydrogens is 320 g/mol. The first kappa shape index (κ1) is 17.3. The molecule has 0 saturated heterocycles. The molecule has 2 saturated carbocycles. The summed E-state index contributed by atoms with van der Waals surface area (Å²) in [6, 6.07) is 10.6. The van der Waals surface area contributed by atoms with Gasteiger partial charge < -0.3 is 5.32 Å². The molecule has 1 aromatic rings. The lowest BCUT2D eigenvalue weighted by Gasteiger charge is -2.30. The third kappa shape index (κ3) is 4.76. The van der Waals surface area contributed by atoms with Crippen LogP contribution in [0, 0.1) is 11.8 Å². The molecule has 1 aromatic carbocycles. The van der Waals surface area contributed by atoms with E-state index in [0.29, 0.717) is 5.92 Å². The molecule has 0 aromatic heterocycles. The number of carbonyl (C=O) groups excluding carboxylic acids is 1. The number of hydrogen-bond donors (Lipinski definition) is 1. The lowest BCUT2D eigenvalue weighted by atomic mass is 9.96. The number of thioether (sulfide) groups is 1. The van der Waals surface area contributed by atoms with Crippen LogP contribution in [0.1, 0.15) is 44.6 Å². The topological polar surface area (TPSA) is 50.7 Å². The zero-order valence-electron chi connectivity index (χ0n) is 14.5. The molecule has 130 valence electrons.